The monoisotopic (exact) mass is 344 g/mol. The highest BCUT2D eigenvalue weighted by Crippen LogP contribution is 2.40. The number of benzene rings is 2. The summed E-state index contributed by atoms with van der Waals surface area (Å²) in [6, 6.07) is 5.88. The minimum atomic E-state index is -0.449. The number of fused-ring (bicyclic) bond motifs is 2. The Morgan fingerprint density at radius 1 is 0.500 bits per heavy atom. The van der Waals surface area contributed by atoms with E-state index in [1.165, 1.54) is 24.3 Å². The van der Waals surface area contributed by atoms with Crippen LogP contribution in [0.4, 0.5) is 0 Å². The van der Waals surface area contributed by atoms with Gasteiger partial charge in [0.1, 0.15) is 0 Å². The first-order valence-electron chi connectivity index (χ1n) is 5.49. The van der Waals surface area contributed by atoms with E-state index in [0.29, 0.717) is 0 Å². The summed E-state index contributed by atoms with van der Waals surface area (Å²) in [7, 11) is 0. The molecule has 0 saturated heterocycles. The maximum atomic E-state index is 12.6. The van der Waals surface area contributed by atoms with Crippen LogP contribution in [0.1, 0.15) is 31.8 Å². The molecule has 0 heterocycles. The third-order valence-electron chi connectivity index (χ3n) is 3.12. The lowest BCUT2D eigenvalue weighted by Crippen LogP contribution is -2.22. The van der Waals surface area contributed by atoms with E-state index in [-0.39, 0.29) is 42.3 Å². The second-order valence-electron chi connectivity index (χ2n) is 4.22. The summed E-state index contributed by atoms with van der Waals surface area (Å²) < 4.78 is 0. The zero-order valence-electron chi connectivity index (χ0n) is 9.64. The van der Waals surface area contributed by atoms with Crippen LogP contribution in [0.15, 0.2) is 24.3 Å². The highest BCUT2D eigenvalue weighted by molar-refractivity contribution is 6.48. The van der Waals surface area contributed by atoms with Gasteiger partial charge in [0, 0.05) is 0 Å². The first kappa shape index (κ1) is 13.9. The van der Waals surface area contributed by atoms with Gasteiger partial charge in [0.15, 0.2) is 11.6 Å². The average Bonchev–Trinajstić information content (AvgIpc) is 2.41. The Morgan fingerprint density at radius 3 is 0.900 bits per heavy atom. The van der Waals surface area contributed by atoms with Gasteiger partial charge in [0.2, 0.25) is 0 Å². The van der Waals surface area contributed by atoms with Crippen molar-refractivity contribution in [3.63, 3.8) is 0 Å². The fourth-order valence-corrected chi connectivity index (χ4v) is 3.21. The summed E-state index contributed by atoms with van der Waals surface area (Å²) in [5, 5.41) is 0.628. The molecule has 100 valence electrons. The Morgan fingerprint density at radius 2 is 0.700 bits per heavy atom. The molecule has 1 aliphatic carbocycles. The molecule has 2 nitrogen and oxygen atoms in total. The van der Waals surface area contributed by atoms with Gasteiger partial charge in [-0.1, -0.05) is 46.4 Å². The van der Waals surface area contributed by atoms with Crippen molar-refractivity contribution in [2.24, 2.45) is 0 Å². The average molecular weight is 346 g/mol. The fraction of sp³-hybridized carbons (Fsp3) is 0. The molecule has 6 heteroatoms. The number of hydrogen-bond donors (Lipinski definition) is 0. The summed E-state index contributed by atoms with van der Waals surface area (Å²) in [6.45, 7) is 0. The number of halogens is 4. The van der Waals surface area contributed by atoms with Crippen LogP contribution in [0, 0.1) is 0 Å². The van der Waals surface area contributed by atoms with Gasteiger partial charge in [-0.15, -0.1) is 0 Å². The van der Waals surface area contributed by atoms with Crippen LogP contribution in [0.25, 0.3) is 0 Å². The van der Waals surface area contributed by atoms with Gasteiger partial charge in [0.25, 0.3) is 0 Å². The highest BCUT2D eigenvalue weighted by atomic mass is 35.5. The number of ketones is 2. The minimum Gasteiger partial charge on any atom is -0.288 e. The lowest BCUT2D eigenvalue weighted by Gasteiger charge is -2.21. The third-order valence-corrected chi connectivity index (χ3v) is 4.38. The molecular formula is C14H4Cl4O2. The normalized spacial score (nSPS) is 13.2. The summed E-state index contributed by atoms with van der Waals surface area (Å²) in [6.07, 6.45) is 0. The molecule has 0 N–H and O–H groups in total. The molecule has 0 aromatic heterocycles. The molecule has 0 amide bonds. The van der Waals surface area contributed by atoms with Crippen LogP contribution in [-0.2, 0) is 0 Å². The Kier molecular flexibility index (Phi) is 3.30. The number of carbonyl (C=O) groups is 2. The first-order chi connectivity index (χ1) is 9.43. The molecule has 0 spiro atoms. The number of rotatable bonds is 0. The van der Waals surface area contributed by atoms with Crippen LogP contribution >= 0.6 is 46.4 Å². The lowest BCUT2D eigenvalue weighted by molar-refractivity contribution is 0.0979. The van der Waals surface area contributed by atoms with Gasteiger partial charge >= 0.3 is 0 Å². The van der Waals surface area contributed by atoms with E-state index in [1.807, 2.05) is 0 Å². The Balaban J connectivity index is 2.46. The SMILES string of the molecule is O=C1c2c(Cl)ccc(Cl)c2C(=O)c2c(Cl)ccc(Cl)c21. The van der Waals surface area contributed by atoms with Gasteiger partial charge in [-0.2, -0.15) is 0 Å². The van der Waals surface area contributed by atoms with E-state index in [1.54, 1.807) is 0 Å². The third kappa shape index (κ3) is 1.80. The summed E-state index contributed by atoms with van der Waals surface area (Å²) in [5.74, 6) is -0.899. The molecule has 0 radical (unpaired) electrons. The van der Waals surface area contributed by atoms with Gasteiger partial charge in [-0.3, -0.25) is 9.59 Å². The van der Waals surface area contributed by atoms with E-state index >= 15 is 0 Å². The summed E-state index contributed by atoms with van der Waals surface area (Å²) in [5.41, 5.74) is 0.281. The number of hydrogen-bond acceptors (Lipinski definition) is 2. The quantitative estimate of drug-likeness (QED) is 0.569. The molecular weight excluding hydrogens is 342 g/mol. The Labute approximate surface area is 134 Å². The molecule has 0 bridgehead atoms. The summed E-state index contributed by atoms with van der Waals surface area (Å²) in [4.78, 5) is 25.1. The largest absolute Gasteiger partial charge is 0.288 e. The lowest BCUT2D eigenvalue weighted by atomic mass is 9.84. The second kappa shape index (κ2) is 4.74. The van der Waals surface area contributed by atoms with E-state index in [4.69, 9.17) is 46.4 Å². The van der Waals surface area contributed by atoms with Crippen molar-refractivity contribution in [2.45, 2.75) is 0 Å². The molecule has 0 aliphatic heterocycles. The van der Waals surface area contributed by atoms with Crippen molar-refractivity contribution in [1.29, 1.82) is 0 Å². The molecule has 0 unspecified atom stereocenters. The van der Waals surface area contributed by atoms with Crippen molar-refractivity contribution >= 4 is 58.0 Å². The second-order valence-corrected chi connectivity index (χ2v) is 5.85. The zero-order chi connectivity index (χ0) is 14.6. The Bertz CT molecular complexity index is 667. The smallest absolute Gasteiger partial charge is 0.197 e. The fourth-order valence-electron chi connectivity index (χ4n) is 2.24. The molecule has 2 aromatic carbocycles. The van der Waals surface area contributed by atoms with Crippen molar-refractivity contribution in [2.75, 3.05) is 0 Å². The first-order valence-corrected chi connectivity index (χ1v) is 7.00. The minimum absolute atomic E-state index is 0.0702. The zero-order valence-corrected chi connectivity index (χ0v) is 12.7. The molecule has 2 aromatic rings. The van der Waals surface area contributed by atoms with Gasteiger partial charge in [0.05, 0.1) is 42.3 Å². The van der Waals surface area contributed by atoms with Crippen LogP contribution < -0.4 is 0 Å². The standard InChI is InChI=1S/C14H4Cl4O2/c15-5-1-2-6(16)10-9(5)13(19)11-7(17)3-4-8(18)12(11)14(10)20/h1-4H. The van der Waals surface area contributed by atoms with Crippen LogP contribution in [0.3, 0.4) is 0 Å². The van der Waals surface area contributed by atoms with Crippen molar-refractivity contribution in [3.8, 4) is 0 Å². The molecule has 1 aliphatic rings. The highest BCUT2D eigenvalue weighted by Gasteiger charge is 2.36. The molecule has 0 fully saturated rings. The number of carbonyl (C=O) groups excluding carboxylic acids is 2. The molecule has 0 atom stereocenters. The van der Waals surface area contributed by atoms with E-state index < -0.39 is 11.6 Å². The van der Waals surface area contributed by atoms with Crippen LogP contribution in [-0.4, -0.2) is 11.6 Å². The Hall–Kier alpha value is -1.06. The topological polar surface area (TPSA) is 34.1 Å². The van der Waals surface area contributed by atoms with Crippen molar-refractivity contribution < 1.29 is 9.59 Å². The van der Waals surface area contributed by atoms with Crippen LogP contribution in [0.2, 0.25) is 20.1 Å². The van der Waals surface area contributed by atoms with Crippen molar-refractivity contribution in [3.05, 3.63) is 66.6 Å². The van der Waals surface area contributed by atoms with E-state index in [0.717, 1.165) is 0 Å². The van der Waals surface area contributed by atoms with Crippen LogP contribution in [0.5, 0.6) is 0 Å². The molecule has 20 heavy (non-hydrogen) atoms. The van der Waals surface area contributed by atoms with E-state index in [9.17, 15) is 9.59 Å². The molecule has 0 saturated carbocycles. The van der Waals surface area contributed by atoms with E-state index in [2.05, 4.69) is 0 Å². The van der Waals surface area contributed by atoms with Gasteiger partial charge < -0.3 is 0 Å². The van der Waals surface area contributed by atoms with Crippen molar-refractivity contribution in [1.82, 2.24) is 0 Å². The predicted octanol–water partition coefficient (Wildman–Crippen LogP) is 5.08. The van der Waals surface area contributed by atoms with Gasteiger partial charge in [-0.05, 0) is 24.3 Å². The van der Waals surface area contributed by atoms with Gasteiger partial charge in [-0.25, -0.2) is 0 Å². The maximum Gasteiger partial charge on any atom is 0.197 e. The summed E-state index contributed by atoms with van der Waals surface area (Å²) >= 11 is 24.1. The predicted molar refractivity (Wildman–Crippen MR) is 79.8 cm³/mol. The maximum absolute atomic E-state index is 12.6. The molecule has 3 rings (SSSR count).